The van der Waals surface area contributed by atoms with E-state index in [9.17, 15) is 9.59 Å². The molecule has 0 fully saturated rings. The van der Waals surface area contributed by atoms with Crippen LogP contribution in [0.3, 0.4) is 0 Å². The maximum Gasteiger partial charge on any atom is 0.322 e. The van der Waals surface area contributed by atoms with E-state index in [4.69, 9.17) is 19.3 Å². The number of hydrogen-bond donors (Lipinski definition) is 2. The Hall–Kier alpha value is -4.21. The summed E-state index contributed by atoms with van der Waals surface area (Å²) in [5.74, 6) is 2.34. The molecule has 216 valence electrons. The largest absolute Gasteiger partial charge is 0.497 e. The lowest BCUT2D eigenvalue weighted by atomic mass is 9.92. The van der Waals surface area contributed by atoms with Gasteiger partial charge in [-0.3, -0.25) is 4.79 Å². The highest BCUT2D eigenvalue weighted by Crippen LogP contribution is 2.28. The standard InChI is InChI=1S/C30H41N5O5/c1-20(2)13-14-34(29(37)31-21-15-24(39-7)17-25(16-21)40-8)19-28(36)32-27-18-26(30(3,4)5)33-35(27)22-9-11-23(38-6)12-10-22/h9-12,15-18,20H,13-14,19H2,1-8H3,(H,31,37)(H,32,36). The van der Waals surface area contributed by atoms with E-state index in [1.807, 2.05) is 30.3 Å². The highest BCUT2D eigenvalue weighted by Gasteiger charge is 2.23. The van der Waals surface area contributed by atoms with Gasteiger partial charge in [0.05, 0.1) is 32.7 Å². The Labute approximate surface area is 236 Å². The van der Waals surface area contributed by atoms with Crippen molar-refractivity contribution in [3.8, 4) is 22.9 Å². The van der Waals surface area contributed by atoms with Crippen molar-refractivity contribution in [1.29, 1.82) is 0 Å². The molecular weight excluding hydrogens is 510 g/mol. The van der Waals surface area contributed by atoms with E-state index < -0.39 is 6.03 Å². The summed E-state index contributed by atoms with van der Waals surface area (Å²) in [6.07, 6.45) is 0.736. The number of carbonyl (C=O) groups is 2. The second-order valence-electron chi connectivity index (χ2n) is 11.0. The Kier molecular flexibility index (Phi) is 10.0. The van der Waals surface area contributed by atoms with Gasteiger partial charge >= 0.3 is 6.03 Å². The summed E-state index contributed by atoms with van der Waals surface area (Å²) >= 11 is 0. The molecule has 10 heteroatoms. The third kappa shape index (κ3) is 8.14. The second-order valence-corrected chi connectivity index (χ2v) is 11.0. The van der Waals surface area contributed by atoms with Crippen molar-refractivity contribution in [2.45, 2.75) is 46.5 Å². The minimum atomic E-state index is -0.398. The van der Waals surface area contributed by atoms with Crippen molar-refractivity contribution in [3.63, 3.8) is 0 Å². The van der Waals surface area contributed by atoms with E-state index in [2.05, 4.69) is 45.3 Å². The monoisotopic (exact) mass is 551 g/mol. The van der Waals surface area contributed by atoms with Crippen LogP contribution in [0.25, 0.3) is 5.69 Å². The molecule has 0 aliphatic heterocycles. The molecule has 2 aromatic carbocycles. The Morgan fingerprint density at radius 2 is 1.50 bits per heavy atom. The van der Waals surface area contributed by atoms with E-state index in [0.717, 1.165) is 23.6 Å². The van der Waals surface area contributed by atoms with Crippen LogP contribution in [0.2, 0.25) is 0 Å². The minimum Gasteiger partial charge on any atom is -0.497 e. The average Bonchev–Trinajstić information content (AvgIpc) is 3.34. The fourth-order valence-corrected chi connectivity index (χ4v) is 3.86. The van der Waals surface area contributed by atoms with Crippen LogP contribution < -0.4 is 24.8 Å². The van der Waals surface area contributed by atoms with Crippen LogP contribution in [0.1, 0.15) is 46.7 Å². The summed E-state index contributed by atoms with van der Waals surface area (Å²) in [5, 5.41) is 10.6. The van der Waals surface area contributed by atoms with E-state index >= 15 is 0 Å². The number of nitrogens with zero attached hydrogens (tertiary/aromatic N) is 3. The number of hydrogen-bond acceptors (Lipinski definition) is 6. The lowest BCUT2D eigenvalue weighted by Gasteiger charge is -2.24. The molecule has 0 aliphatic rings. The number of rotatable bonds is 11. The van der Waals surface area contributed by atoms with Gasteiger partial charge in [0.1, 0.15) is 29.6 Å². The summed E-state index contributed by atoms with van der Waals surface area (Å²) in [4.78, 5) is 28.2. The van der Waals surface area contributed by atoms with Crippen LogP contribution >= 0.6 is 0 Å². The normalized spacial score (nSPS) is 11.2. The lowest BCUT2D eigenvalue weighted by molar-refractivity contribution is -0.116. The summed E-state index contributed by atoms with van der Waals surface area (Å²) in [7, 11) is 4.70. The number of nitrogens with one attached hydrogen (secondary N) is 2. The molecule has 2 N–H and O–H groups in total. The summed E-state index contributed by atoms with van der Waals surface area (Å²) < 4.78 is 17.6. The molecule has 0 spiro atoms. The molecule has 0 aliphatic carbocycles. The predicted molar refractivity (Wildman–Crippen MR) is 157 cm³/mol. The number of methoxy groups -OCH3 is 3. The highest BCUT2D eigenvalue weighted by molar-refractivity contribution is 5.97. The number of ether oxygens (including phenoxy) is 3. The second kappa shape index (κ2) is 13.2. The zero-order chi connectivity index (χ0) is 29.4. The van der Waals surface area contributed by atoms with Crippen LogP contribution in [-0.2, 0) is 10.2 Å². The Morgan fingerprint density at radius 3 is 2.02 bits per heavy atom. The zero-order valence-electron chi connectivity index (χ0n) is 24.7. The highest BCUT2D eigenvalue weighted by atomic mass is 16.5. The molecule has 0 saturated carbocycles. The lowest BCUT2D eigenvalue weighted by Crippen LogP contribution is -2.41. The smallest absolute Gasteiger partial charge is 0.322 e. The molecule has 3 rings (SSSR count). The number of anilines is 2. The minimum absolute atomic E-state index is 0.141. The molecule has 0 unspecified atom stereocenters. The third-order valence-corrected chi connectivity index (χ3v) is 6.26. The quantitative estimate of drug-likeness (QED) is 0.316. The fourth-order valence-electron chi connectivity index (χ4n) is 3.86. The Bertz CT molecular complexity index is 1270. The van der Waals surface area contributed by atoms with Crippen molar-refractivity contribution >= 4 is 23.4 Å². The molecule has 10 nitrogen and oxygen atoms in total. The molecule has 0 bridgehead atoms. The van der Waals surface area contributed by atoms with Crippen LogP contribution in [0, 0.1) is 5.92 Å². The van der Waals surface area contributed by atoms with Crippen LogP contribution in [0.15, 0.2) is 48.5 Å². The van der Waals surface area contributed by atoms with Gasteiger partial charge in [-0.05, 0) is 36.6 Å². The first-order valence-corrected chi connectivity index (χ1v) is 13.3. The van der Waals surface area contributed by atoms with Gasteiger partial charge in [0.2, 0.25) is 5.91 Å². The summed E-state index contributed by atoms with van der Waals surface area (Å²) in [6.45, 7) is 10.6. The van der Waals surface area contributed by atoms with Gasteiger partial charge in [-0.2, -0.15) is 5.10 Å². The zero-order valence-corrected chi connectivity index (χ0v) is 24.7. The van der Waals surface area contributed by atoms with E-state index in [0.29, 0.717) is 35.5 Å². The van der Waals surface area contributed by atoms with Crippen molar-refractivity contribution in [2.75, 3.05) is 45.1 Å². The van der Waals surface area contributed by atoms with Crippen molar-refractivity contribution in [3.05, 3.63) is 54.2 Å². The molecule has 1 aromatic heterocycles. The number of amides is 3. The Balaban J connectivity index is 1.83. The van der Waals surface area contributed by atoms with Gasteiger partial charge in [0.25, 0.3) is 0 Å². The van der Waals surface area contributed by atoms with Crippen molar-refractivity contribution < 1.29 is 23.8 Å². The molecule has 0 atom stereocenters. The number of aromatic nitrogens is 2. The first kappa shape index (κ1) is 30.3. The first-order valence-electron chi connectivity index (χ1n) is 13.3. The molecule has 0 radical (unpaired) electrons. The SMILES string of the molecule is COc1ccc(-n2nc(C(C)(C)C)cc2NC(=O)CN(CCC(C)C)C(=O)Nc2cc(OC)cc(OC)c2)cc1. The average molecular weight is 552 g/mol. The molecule has 3 aromatic rings. The first-order chi connectivity index (χ1) is 18.9. The van der Waals surface area contributed by atoms with Crippen molar-refractivity contribution in [2.24, 2.45) is 5.92 Å². The maximum atomic E-state index is 13.3. The molecule has 40 heavy (non-hydrogen) atoms. The number of benzene rings is 2. The maximum absolute atomic E-state index is 13.3. The summed E-state index contributed by atoms with van der Waals surface area (Å²) in [6, 6.07) is 14.0. The predicted octanol–water partition coefficient (Wildman–Crippen LogP) is 5.71. The van der Waals surface area contributed by atoms with E-state index in [1.165, 1.54) is 4.90 Å². The summed E-state index contributed by atoms with van der Waals surface area (Å²) in [5.41, 5.74) is 1.86. The molecule has 0 saturated heterocycles. The molecule has 3 amide bonds. The third-order valence-electron chi connectivity index (χ3n) is 6.26. The van der Waals surface area contributed by atoms with Crippen LogP contribution in [-0.4, -0.2) is 61.0 Å². The van der Waals surface area contributed by atoms with E-state index in [-0.39, 0.29) is 17.9 Å². The van der Waals surface area contributed by atoms with Gasteiger partial charge < -0.3 is 29.7 Å². The van der Waals surface area contributed by atoms with Gasteiger partial charge in [-0.15, -0.1) is 0 Å². The molecular formula is C30H41N5O5. The topological polar surface area (TPSA) is 107 Å². The fraction of sp³-hybridized carbons (Fsp3) is 0.433. The van der Waals surface area contributed by atoms with Crippen LogP contribution in [0.5, 0.6) is 17.2 Å². The van der Waals surface area contributed by atoms with E-state index in [1.54, 1.807) is 44.2 Å². The van der Waals surface area contributed by atoms with Crippen LogP contribution in [0.4, 0.5) is 16.3 Å². The van der Waals surface area contributed by atoms with Crippen molar-refractivity contribution in [1.82, 2.24) is 14.7 Å². The Morgan fingerprint density at radius 1 is 0.900 bits per heavy atom. The molecule has 1 heterocycles. The van der Waals surface area contributed by atoms with Gasteiger partial charge in [0, 0.05) is 41.9 Å². The van der Waals surface area contributed by atoms with Gasteiger partial charge in [-0.25, -0.2) is 9.48 Å². The van der Waals surface area contributed by atoms with Gasteiger partial charge in [0.15, 0.2) is 0 Å². The number of urea groups is 1. The van der Waals surface area contributed by atoms with Gasteiger partial charge in [-0.1, -0.05) is 34.6 Å². The number of carbonyl (C=O) groups excluding carboxylic acids is 2.